The molecule has 0 amide bonds. The number of para-hydroxylation sites is 14. The molecule has 31 aromatic rings. The summed E-state index contributed by atoms with van der Waals surface area (Å²) in [7, 11) is 0. The third-order valence-corrected chi connectivity index (χ3v) is 26.9. The van der Waals surface area contributed by atoms with E-state index < -0.39 is 0 Å². The first-order valence-electron chi connectivity index (χ1n) is 43.5. The molecule has 0 bridgehead atoms. The maximum Gasteiger partial charge on any atom is 0.146 e. The Morgan fingerprint density at radius 2 is 0.419 bits per heavy atom. The van der Waals surface area contributed by atoms with Crippen LogP contribution in [0.1, 0.15) is 0 Å². The van der Waals surface area contributed by atoms with E-state index in [0.29, 0.717) is 0 Å². The van der Waals surface area contributed by atoms with E-state index in [1.807, 2.05) is 84.9 Å². The molecule has 0 saturated heterocycles. The van der Waals surface area contributed by atoms with Crippen LogP contribution in [-0.4, -0.2) is 28.2 Å². The summed E-state index contributed by atoms with van der Waals surface area (Å²) in [6.45, 7) is 0. The molecule has 0 atom stereocenters. The average molecular weight is 1650 g/mol. The van der Waals surface area contributed by atoms with Crippen LogP contribution in [-0.2, 0) is 0 Å². The van der Waals surface area contributed by atoms with Crippen molar-refractivity contribution in [3.05, 3.63) is 388 Å². The highest BCUT2D eigenvalue weighted by atomic mass is 16.4. The molecule has 12 aromatic heterocycles. The lowest BCUT2D eigenvalue weighted by Crippen LogP contribution is -1.92. The number of rotatable bonds is 4. The molecule has 598 valence electrons. The van der Waals surface area contributed by atoms with Gasteiger partial charge in [0.2, 0.25) is 0 Å². The monoisotopic (exact) mass is 1650 g/mol. The SMILES string of the molecule is c1ccc2c(c1)nc1c3ccc(-c4cc5oc6ccccc6c5c5c4oc4ccccc45)cc3c3ccccc3n21.c1ccc2c(c1)nc1c3ccc(-c4cc5oc6ccccc6c5c5c4oc4ccccc45)cc3c3ccccc3n21.c1ccc2c(c1)nc1c3ccc(-c4ccc(-c5ccc6c(c5)oc5ccc7oc8ccccc8c7c56)cc4)cc3c3ccccc3n21. The molecular formula is C117H64N6O6. The quantitative estimate of drug-likeness (QED) is 0.158. The second-order valence-electron chi connectivity index (χ2n) is 33.8. The third kappa shape index (κ3) is 10.1. The molecule has 0 fully saturated rings. The first-order chi connectivity index (χ1) is 63.9. The fourth-order valence-corrected chi connectivity index (χ4v) is 21.2. The highest BCUT2D eigenvalue weighted by Crippen LogP contribution is 2.50. The number of aromatic nitrogens is 6. The second-order valence-corrected chi connectivity index (χ2v) is 33.8. The summed E-state index contributed by atoms with van der Waals surface area (Å²) in [5.41, 5.74) is 32.0. The number of imidazole rings is 3. The predicted molar refractivity (Wildman–Crippen MR) is 529 cm³/mol. The van der Waals surface area contributed by atoms with Crippen molar-refractivity contribution >= 4 is 247 Å². The summed E-state index contributed by atoms with van der Waals surface area (Å²) < 4.78 is 45.5. The van der Waals surface area contributed by atoms with Gasteiger partial charge in [-0.25, -0.2) is 15.0 Å². The van der Waals surface area contributed by atoms with Gasteiger partial charge >= 0.3 is 0 Å². The van der Waals surface area contributed by atoms with Crippen LogP contribution >= 0.6 is 0 Å². The van der Waals surface area contributed by atoms with Gasteiger partial charge in [0.05, 0.1) is 49.7 Å². The van der Waals surface area contributed by atoms with Crippen molar-refractivity contribution in [2.75, 3.05) is 0 Å². The zero-order valence-electron chi connectivity index (χ0n) is 68.6. The number of benzene rings is 19. The van der Waals surface area contributed by atoms with Gasteiger partial charge in [0.25, 0.3) is 0 Å². The molecule has 12 heterocycles. The van der Waals surface area contributed by atoms with E-state index in [1.54, 1.807) is 0 Å². The number of furan rings is 6. The number of nitrogens with zero attached hydrogens (tertiary/aromatic N) is 6. The lowest BCUT2D eigenvalue weighted by Gasteiger charge is -2.11. The first kappa shape index (κ1) is 69.9. The smallest absolute Gasteiger partial charge is 0.146 e. The standard InChI is InChI=1S/C43H24N2O2.2C37H20N2O2/c1-4-10-35-29(7-1)33-23-27(17-19-30(33)43-44-34-9-3-5-11-36(34)45(35)43)25-13-15-26(16-14-25)28-18-20-32-40(24-28)47-39-22-21-38-41(42(32)39)31-8-2-6-12-37(31)46-38;2*1-5-13-29-22(9-1)27-19-21(17-18-23(27)37-38-28-12-4-6-14-30(28)39(29)37)26-20-33-34(24-10-2-7-15-31(24)40-33)35-25-11-3-8-16-32(25)41-36(26)35/h1-24H;2*1-20H. The Bertz CT molecular complexity index is 9960. The lowest BCUT2D eigenvalue weighted by molar-refractivity contribution is 0.663. The Kier molecular flexibility index (Phi) is 14.3. The van der Waals surface area contributed by atoms with Crippen molar-refractivity contribution in [3.63, 3.8) is 0 Å². The largest absolute Gasteiger partial charge is 0.456 e. The van der Waals surface area contributed by atoms with Crippen LogP contribution in [0, 0.1) is 0 Å². The molecule has 0 aliphatic carbocycles. The Morgan fingerprint density at radius 3 is 0.806 bits per heavy atom. The fourth-order valence-electron chi connectivity index (χ4n) is 21.2. The van der Waals surface area contributed by atoms with Crippen molar-refractivity contribution < 1.29 is 26.5 Å². The molecule has 0 N–H and O–H groups in total. The van der Waals surface area contributed by atoms with Gasteiger partial charge in [-0.3, -0.25) is 13.2 Å². The molecule has 0 spiro atoms. The van der Waals surface area contributed by atoms with Crippen molar-refractivity contribution in [3.8, 4) is 44.5 Å². The number of pyridine rings is 3. The topological polar surface area (TPSA) is 131 Å². The van der Waals surface area contributed by atoms with Gasteiger partial charge in [0.15, 0.2) is 0 Å². The Labute approximate surface area is 729 Å². The Balaban J connectivity index is 0.0000000958. The van der Waals surface area contributed by atoms with Crippen molar-refractivity contribution in [2.45, 2.75) is 0 Å². The normalized spacial score (nSPS) is 12.3. The van der Waals surface area contributed by atoms with Gasteiger partial charge in [-0.15, -0.1) is 0 Å². The highest BCUT2D eigenvalue weighted by Gasteiger charge is 2.27. The van der Waals surface area contributed by atoms with Crippen LogP contribution in [0.5, 0.6) is 0 Å². The minimum atomic E-state index is 0.861. The van der Waals surface area contributed by atoms with E-state index in [4.69, 9.17) is 41.5 Å². The molecule has 0 saturated carbocycles. The van der Waals surface area contributed by atoms with Crippen molar-refractivity contribution in [1.82, 2.24) is 28.2 Å². The van der Waals surface area contributed by atoms with Crippen molar-refractivity contribution in [1.29, 1.82) is 0 Å². The van der Waals surface area contributed by atoms with Crippen LogP contribution in [0.4, 0.5) is 0 Å². The van der Waals surface area contributed by atoms with Gasteiger partial charge in [0.1, 0.15) is 83.9 Å². The van der Waals surface area contributed by atoms with Crippen LogP contribution < -0.4 is 0 Å². The minimum Gasteiger partial charge on any atom is -0.456 e. The highest BCUT2D eigenvalue weighted by molar-refractivity contribution is 6.32. The second kappa shape index (κ2) is 26.5. The maximum absolute atomic E-state index is 6.62. The fraction of sp³-hybridized carbons (Fsp3) is 0. The summed E-state index contributed by atoms with van der Waals surface area (Å²) in [6, 6.07) is 136. The summed E-state index contributed by atoms with van der Waals surface area (Å²) in [5, 5.41) is 23.7. The molecule has 31 rings (SSSR count). The van der Waals surface area contributed by atoms with E-state index in [-0.39, 0.29) is 0 Å². The summed E-state index contributed by atoms with van der Waals surface area (Å²) in [5.74, 6) is 0. The number of fused-ring (bicyclic) bond motifs is 45. The zero-order chi connectivity index (χ0) is 84.0. The van der Waals surface area contributed by atoms with Gasteiger partial charge < -0.3 is 26.5 Å². The minimum absolute atomic E-state index is 0.861. The molecular weight excluding hydrogens is 1590 g/mol. The molecule has 19 aromatic carbocycles. The van der Waals surface area contributed by atoms with E-state index in [1.165, 1.54) is 38.2 Å². The molecule has 0 unspecified atom stereocenters. The molecule has 12 heteroatoms. The first-order valence-corrected chi connectivity index (χ1v) is 43.5. The summed E-state index contributed by atoms with van der Waals surface area (Å²) >= 11 is 0. The molecule has 129 heavy (non-hydrogen) atoms. The number of hydrogen-bond acceptors (Lipinski definition) is 9. The molecule has 12 nitrogen and oxygen atoms in total. The molecule has 0 aliphatic rings. The van der Waals surface area contributed by atoms with Crippen LogP contribution in [0.2, 0.25) is 0 Å². The third-order valence-electron chi connectivity index (χ3n) is 26.9. The number of hydrogen-bond donors (Lipinski definition) is 0. The van der Waals surface area contributed by atoms with E-state index in [9.17, 15) is 0 Å². The molecule has 0 radical (unpaired) electrons. The van der Waals surface area contributed by atoms with Crippen LogP contribution in [0.25, 0.3) is 291 Å². The zero-order valence-corrected chi connectivity index (χ0v) is 68.6. The summed E-state index contributed by atoms with van der Waals surface area (Å²) in [4.78, 5) is 15.2. The van der Waals surface area contributed by atoms with E-state index in [0.717, 1.165) is 253 Å². The Morgan fingerprint density at radius 1 is 0.155 bits per heavy atom. The molecule has 0 aliphatic heterocycles. The van der Waals surface area contributed by atoms with Gasteiger partial charge in [-0.2, -0.15) is 0 Å². The van der Waals surface area contributed by atoms with Gasteiger partial charge in [-0.05, 0) is 207 Å². The van der Waals surface area contributed by atoms with E-state index >= 15 is 0 Å². The van der Waals surface area contributed by atoms with Crippen molar-refractivity contribution in [2.24, 2.45) is 0 Å². The van der Waals surface area contributed by atoms with Gasteiger partial charge in [-0.1, -0.05) is 231 Å². The average Bonchev–Trinajstić information content (AvgIpc) is 1.57. The van der Waals surface area contributed by atoms with Crippen LogP contribution in [0.3, 0.4) is 0 Å². The maximum atomic E-state index is 6.62. The summed E-state index contributed by atoms with van der Waals surface area (Å²) in [6.07, 6.45) is 0. The van der Waals surface area contributed by atoms with E-state index in [2.05, 4.69) is 317 Å². The Hall–Kier alpha value is -17.6. The van der Waals surface area contributed by atoms with Gasteiger partial charge in [0, 0.05) is 108 Å². The predicted octanol–water partition coefficient (Wildman–Crippen LogP) is 32.4. The van der Waals surface area contributed by atoms with Crippen LogP contribution in [0.15, 0.2) is 415 Å². The lowest BCUT2D eigenvalue weighted by atomic mass is 9.95.